The molecule has 82 valence electrons. The summed E-state index contributed by atoms with van der Waals surface area (Å²) in [6.07, 6.45) is 0. The van der Waals surface area contributed by atoms with Gasteiger partial charge in [-0.25, -0.2) is 8.78 Å². The first-order valence-electron chi connectivity index (χ1n) is 4.76. The van der Waals surface area contributed by atoms with Crippen molar-refractivity contribution >= 4 is 0 Å². The van der Waals surface area contributed by atoms with E-state index in [-0.39, 0.29) is 12.5 Å². The molecule has 2 nitrogen and oxygen atoms in total. The van der Waals surface area contributed by atoms with E-state index in [2.05, 4.69) is 0 Å². The Hall–Kier alpha value is -0.800. The molecule has 4 heteroatoms. The number of halogens is 2. The van der Waals surface area contributed by atoms with Crippen molar-refractivity contribution in [2.24, 2.45) is 5.92 Å². The summed E-state index contributed by atoms with van der Waals surface area (Å²) >= 11 is 0. The minimum absolute atomic E-state index is 0.203. The number of nitrogens with zero attached hydrogens (tertiary/aromatic N) is 1. The van der Waals surface area contributed by atoms with Crippen molar-refractivity contribution in [3.63, 3.8) is 0 Å². The molecule has 0 radical (unpaired) electrons. The van der Waals surface area contributed by atoms with Crippen molar-refractivity contribution in [3.8, 4) is 0 Å². The summed E-state index contributed by atoms with van der Waals surface area (Å²) in [5, 5.41) is 0. The smallest absolute Gasteiger partial charge is 0.298 e. The average molecular weight is 205 g/mol. The van der Waals surface area contributed by atoms with Crippen molar-refractivity contribution in [2.45, 2.75) is 26.7 Å². The second-order valence-corrected chi connectivity index (χ2v) is 4.10. The van der Waals surface area contributed by atoms with Gasteiger partial charge in [-0.3, -0.25) is 0 Å². The van der Waals surface area contributed by atoms with E-state index in [0.29, 0.717) is 5.76 Å². The lowest BCUT2D eigenvalue weighted by atomic mass is 10.1. The molecule has 0 N–H and O–H groups in total. The summed E-state index contributed by atoms with van der Waals surface area (Å²) in [6, 6.07) is 0. The van der Waals surface area contributed by atoms with Crippen LogP contribution in [0.25, 0.3) is 0 Å². The Morgan fingerprint density at radius 2 is 2.00 bits per heavy atom. The third-order valence-electron chi connectivity index (χ3n) is 2.29. The zero-order valence-corrected chi connectivity index (χ0v) is 9.10. The highest BCUT2D eigenvalue weighted by atomic mass is 19.3. The summed E-state index contributed by atoms with van der Waals surface area (Å²) < 4.78 is 31.3. The molecule has 0 spiro atoms. The molecule has 0 fully saturated rings. The van der Waals surface area contributed by atoms with Gasteiger partial charge < -0.3 is 9.64 Å². The van der Waals surface area contributed by atoms with Gasteiger partial charge in [0.15, 0.2) is 6.61 Å². The van der Waals surface area contributed by atoms with Crippen LogP contribution in [0.1, 0.15) is 20.8 Å². The van der Waals surface area contributed by atoms with E-state index in [4.69, 9.17) is 4.74 Å². The number of rotatable bonds is 1. The summed E-state index contributed by atoms with van der Waals surface area (Å²) in [6.45, 7) is 4.91. The monoisotopic (exact) mass is 205 g/mol. The van der Waals surface area contributed by atoms with Crippen LogP contribution in [0.15, 0.2) is 11.5 Å². The SMILES string of the molecule is CC1=C(C(C)C)N(C)CC(F)(F)CO1. The molecule has 0 bridgehead atoms. The van der Waals surface area contributed by atoms with E-state index in [0.717, 1.165) is 5.70 Å². The van der Waals surface area contributed by atoms with Crippen LogP contribution >= 0.6 is 0 Å². The van der Waals surface area contributed by atoms with Crippen LogP contribution in [0.5, 0.6) is 0 Å². The van der Waals surface area contributed by atoms with Gasteiger partial charge in [0.25, 0.3) is 5.92 Å². The topological polar surface area (TPSA) is 12.5 Å². The molecule has 1 aliphatic heterocycles. The summed E-state index contributed by atoms with van der Waals surface area (Å²) in [4.78, 5) is 1.59. The van der Waals surface area contributed by atoms with Crippen molar-refractivity contribution < 1.29 is 13.5 Å². The van der Waals surface area contributed by atoms with Gasteiger partial charge in [0.05, 0.1) is 12.2 Å². The Bertz CT molecular complexity index is 249. The van der Waals surface area contributed by atoms with E-state index in [9.17, 15) is 8.78 Å². The zero-order chi connectivity index (χ0) is 10.9. The Kier molecular flexibility index (Phi) is 3.02. The van der Waals surface area contributed by atoms with Crippen molar-refractivity contribution in [1.82, 2.24) is 4.90 Å². The third kappa shape index (κ3) is 2.36. The first-order valence-corrected chi connectivity index (χ1v) is 4.76. The van der Waals surface area contributed by atoms with Crippen LogP contribution in [-0.4, -0.2) is 31.0 Å². The maximum atomic E-state index is 13.1. The number of ether oxygens (including phenoxy) is 1. The lowest BCUT2D eigenvalue weighted by Crippen LogP contribution is -2.35. The van der Waals surface area contributed by atoms with E-state index >= 15 is 0 Å². The Morgan fingerprint density at radius 3 is 2.50 bits per heavy atom. The molecule has 0 saturated carbocycles. The Morgan fingerprint density at radius 1 is 1.43 bits per heavy atom. The summed E-state index contributed by atoms with van der Waals surface area (Å²) in [5.41, 5.74) is 0.863. The molecule has 1 rings (SSSR count). The standard InChI is InChI=1S/C10H17F2NO/c1-7(2)9-8(3)14-6-10(11,12)5-13(9)4/h7H,5-6H2,1-4H3. The average Bonchev–Trinajstić information content (AvgIpc) is 2.07. The molecular weight excluding hydrogens is 188 g/mol. The molecule has 14 heavy (non-hydrogen) atoms. The predicted molar refractivity (Wildman–Crippen MR) is 51.1 cm³/mol. The molecule has 0 aromatic rings. The van der Waals surface area contributed by atoms with Gasteiger partial charge in [-0.15, -0.1) is 0 Å². The minimum Gasteiger partial charge on any atom is -0.490 e. The molecule has 0 saturated heterocycles. The van der Waals surface area contributed by atoms with Gasteiger partial charge in [-0.05, 0) is 12.8 Å². The fourth-order valence-corrected chi connectivity index (χ4v) is 1.88. The van der Waals surface area contributed by atoms with Crippen molar-refractivity contribution in [2.75, 3.05) is 20.2 Å². The number of hydrogen-bond donors (Lipinski definition) is 0. The predicted octanol–water partition coefficient (Wildman–Crippen LogP) is 2.47. The van der Waals surface area contributed by atoms with Crippen LogP contribution in [0.2, 0.25) is 0 Å². The quantitative estimate of drug-likeness (QED) is 0.652. The van der Waals surface area contributed by atoms with Crippen LogP contribution in [0.4, 0.5) is 8.78 Å². The third-order valence-corrected chi connectivity index (χ3v) is 2.29. The summed E-state index contributed by atoms with van der Waals surface area (Å²) in [7, 11) is 1.68. The molecule has 1 aliphatic rings. The molecule has 0 amide bonds. The van der Waals surface area contributed by atoms with E-state index in [1.54, 1.807) is 18.9 Å². The fraction of sp³-hybridized carbons (Fsp3) is 0.800. The number of alkyl halides is 2. The van der Waals surface area contributed by atoms with Gasteiger partial charge in [-0.2, -0.15) is 0 Å². The fourth-order valence-electron chi connectivity index (χ4n) is 1.88. The second kappa shape index (κ2) is 3.75. The maximum absolute atomic E-state index is 13.1. The molecule has 0 aromatic carbocycles. The molecular formula is C10H17F2NO. The van der Waals surface area contributed by atoms with Gasteiger partial charge >= 0.3 is 0 Å². The minimum atomic E-state index is -2.76. The highest BCUT2D eigenvalue weighted by Crippen LogP contribution is 2.28. The van der Waals surface area contributed by atoms with Crippen LogP contribution < -0.4 is 0 Å². The summed E-state index contributed by atoms with van der Waals surface area (Å²) in [5.74, 6) is -1.94. The van der Waals surface area contributed by atoms with E-state index in [1.165, 1.54) is 0 Å². The molecule has 0 aromatic heterocycles. The lowest BCUT2D eigenvalue weighted by Gasteiger charge is -2.25. The van der Waals surface area contributed by atoms with Crippen LogP contribution in [0, 0.1) is 5.92 Å². The van der Waals surface area contributed by atoms with Gasteiger partial charge in [0.1, 0.15) is 5.76 Å². The molecule has 0 unspecified atom stereocenters. The van der Waals surface area contributed by atoms with Gasteiger partial charge in [-0.1, -0.05) is 13.8 Å². The normalized spacial score (nSPS) is 22.4. The molecule has 0 atom stereocenters. The lowest BCUT2D eigenvalue weighted by molar-refractivity contribution is -0.0625. The Balaban J connectivity index is 2.92. The van der Waals surface area contributed by atoms with Crippen LogP contribution in [0.3, 0.4) is 0 Å². The van der Waals surface area contributed by atoms with Gasteiger partial charge in [0.2, 0.25) is 0 Å². The first kappa shape index (κ1) is 11.3. The zero-order valence-electron chi connectivity index (χ0n) is 9.10. The highest BCUT2D eigenvalue weighted by molar-refractivity contribution is 5.10. The second-order valence-electron chi connectivity index (χ2n) is 4.10. The maximum Gasteiger partial charge on any atom is 0.298 e. The van der Waals surface area contributed by atoms with Crippen LogP contribution in [-0.2, 0) is 4.74 Å². The van der Waals surface area contributed by atoms with Crippen molar-refractivity contribution in [3.05, 3.63) is 11.5 Å². The molecule has 0 aliphatic carbocycles. The van der Waals surface area contributed by atoms with Gasteiger partial charge in [0, 0.05) is 7.05 Å². The highest BCUT2D eigenvalue weighted by Gasteiger charge is 2.36. The number of hydrogen-bond acceptors (Lipinski definition) is 2. The molecule has 1 heterocycles. The largest absolute Gasteiger partial charge is 0.490 e. The Labute approximate surface area is 83.5 Å². The van der Waals surface area contributed by atoms with E-state index < -0.39 is 12.5 Å². The first-order chi connectivity index (χ1) is 6.33. The van der Waals surface area contributed by atoms with E-state index in [1.807, 2.05) is 13.8 Å². The number of allylic oxidation sites excluding steroid dienone is 2. The van der Waals surface area contributed by atoms with Crippen molar-refractivity contribution in [1.29, 1.82) is 0 Å².